The topological polar surface area (TPSA) is 275 Å². The quantitative estimate of drug-likeness (QED) is 0.0659. The summed E-state index contributed by atoms with van der Waals surface area (Å²) in [4.78, 5) is 79.4. The Balaban J connectivity index is 0.000000219. The molecule has 4 aliphatic heterocycles. The molecule has 10 heterocycles. The van der Waals surface area contributed by atoms with Crippen molar-refractivity contribution in [3.63, 3.8) is 0 Å². The van der Waals surface area contributed by atoms with Crippen molar-refractivity contribution in [2.75, 3.05) is 0 Å². The zero-order valence-electron chi connectivity index (χ0n) is 49.0. The maximum absolute atomic E-state index is 11.4. The van der Waals surface area contributed by atoms with Gasteiger partial charge in [0.2, 0.25) is 0 Å². The molecule has 0 atom stereocenters. The summed E-state index contributed by atoms with van der Waals surface area (Å²) in [5.74, 6) is -4.58. The van der Waals surface area contributed by atoms with E-state index in [1.807, 2.05) is 116 Å². The number of nitrogens with zero attached hydrogens (tertiary/aromatic N) is 4. The molecule has 0 aromatic carbocycles. The van der Waals surface area contributed by atoms with Gasteiger partial charge in [-0.3, -0.25) is 0 Å². The molecule has 85 heavy (non-hydrogen) atoms. The van der Waals surface area contributed by atoms with Gasteiger partial charge in [0.15, 0.2) is 0 Å². The van der Waals surface area contributed by atoms with Crippen LogP contribution in [0.2, 0.25) is 0 Å². The number of aryl methyl sites for hydroxylation is 4. The Hall–Kier alpha value is -9.42. The molecule has 0 fully saturated rings. The number of carbonyl (C=O) groups excluding carboxylic acids is 4. The zero-order chi connectivity index (χ0) is 60.6. The van der Waals surface area contributed by atoms with Gasteiger partial charge in [-0.2, -0.15) is 0 Å². The van der Waals surface area contributed by atoms with E-state index in [4.69, 9.17) is 19.9 Å². The number of hydrogen-bond donors (Lipinski definition) is 4. The Kier molecular flexibility index (Phi) is 18.3. The third kappa shape index (κ3) is 12.3. The summed E-state index contributed by atoms with van der Waals surface area (Å²) in [5.41, 5.74) is 26.5. The number of allylic oxidation sites excluding steroid dienone is 8. The van der Waals surface area contributed by atoms with Crippen LogP contribution in [0.3, 0.4) is 0 Å². The Morgan fingerprint density at radius 2 is 0.541 bits per heavy atom. The fourth-order valence-electron chi connectivity index (χ4n) is 11.5. The number of aromatic amines is 4. The number of carboxylic acid groups (broad SMARTS) is 4. The predicted molar refractivity (Wildman–Crippen MR) is 334 cm³/mol. The SMILES string of the molecule is C=Cc1c(C)c2cc3[nH]c(cc4nc(cc5nc(cc1[nH]2)C(C)=C5CCC(=O)[O-])C(CCC(=O)[O-])=C4C)c(C)c3C=C.C=Cc1c(C)c2cc3[nH]c(cc4nc(cc5nc(cc1[nH]2)C(C)=C5CCC(=O)[O-])C(CCC(=O)[O-])=C4C)c(C)c3C=C.[Ge+4]. The minimum Gasteiger partial charge on any atom is -0.550 e. The molecule has 0 unspecified atom stereocenters. The smallest absolute Gasteiger partial charge is 0.550 e. The molecule has 17 heteroatoms. The summed E-state index contributed by atoms with van der Waals surface area (Å²) in [6.45, 7) is 31.9. The second kappa shape index (κ2) is 25.2. The van der Waals surface area contributed by atoms with Crippen LogP contribution in [0.15, 0.2) is 74.8 Å². The van der Waals surface area contributed by atoms with E-state index in [2.05, 4.69) is 46.3 Å². The Morgan fingerprint density at radius 3 is 0.753 bits per heavy atom. The van der Waals surface area contributed by atoms with E-state index in [0.29, 0.717) is 45.6 Å². The first-order chi connectivity index (χ1) is 40.0. The summed E-state index contributed by atoms with van der Waals surface area (Å²) >= 11 is 0. The number of aromatic nitrogens is 8. The van der Waals surface area contributed by atoms with Gasteiger partial charge in [-0.25, -0.2) is 19.9 Å². The van der Waals surface area contributed by atoms with Gasteiger partial charge in [0, 0.05) is 90.3 Å². The van der Waals surface area contributed by atoms with Crippen molar-refractivity contribution in [1.82, 2.24) is 39.9 Å². The summed E-state index contributed by atoms with van der Waals surface area (Å²) in [5, 5.41) is 45.6. The number of fused-ring (bicyclic) bond motifs is 16. The zero-order valence-corrected chi connectivity index (χ0v) is 51.1. The van der Waals surface area contributed by atoms with Crippen molar-refractivity contribution in [1.29, 1.82) is 0 Å². The van der Waals surface area contributed by atoms with E-state index in [0.717, 1.165) is 133 Å². The normalized spacial score (nSPS) is 12.9. The Labute approximate surface area is 503 Å². The number of hydrogen-bond acceptors (Lipinski definition) is 12. The predicted octanol–water partition coefficient (Wildman–Crippen LogP) is 9.90. The van der Waals surface area contributed by atoms with Gasteiger partial charge >= 0.3 is 17.6 Å². The monoisotopic (exact) mass is 1190 g/mol. The second-order valence-corrected chi connectivity index (χ2v) is 21.4. The summed E-state index contributed by atoms with van der Waals surface area (Å²) < 4.78 is 0. The molecule has 4 N–H and O–H groups in total. The van der Waals surface area contributed by atoms with Crippen molar-refractivity contribution in [2.45, 2.75) is 107 Å². The van der Waals surface area contributed by atoms with Crippen LogP contribution in [0.1, 0.15) is 169 Å². The Morgan fingerprint density at radius 1 is 0.341 bits per heavy atom. The summed E-state index contributed by atoms with van der Waals surface area (Å²) in [6, 6.07) is 15.6. The number of nitrogens with one attached hydrogen (secondary N) is 4. The van der Waals surface area contributed by atoms with Crippen LogP contribution >= 0.6 is 0 Å². The van der Waals surface area contributed by atoms with Gasteiger partial charge in [-0.1, -0.05) is 50.6 Å². The van der Waals surface area contributed by atoms with Gasteiger partial charge in [0.25, 0.3) is 0 Å². The number of aliphatic carboxylic acids is 4. The van der Waals surface area contributed by atoms with Crippen LogP contribution in [0.4, 0.5) is 0 Å². The summed E-state index contributed by atoms with van der Waals surface area (Å²) in [7, 11) is 0. The molecule has 10 rings (SSSR count). The van der Waals surface area contributed by atoms with Crippen molar-refractivity contribution in [3.05, 3.63) is 165 Å². The fourth-order valence-corrected chi connectivity index (χ4v) is 11.5. The first-order valence-corrected chi connectivity index (χ1v) is 27.7. The minimum atomic E-state index is -1.15. The molecule has 6 aromatic rings. The standard InChI is InChI=1S/2C34H34N4O4.Ge/c2*1-7-21-17(3)25-13-26-19(5)23(9-11-33(39)40)31(37-26)16-32-24(10-12-34(41)42)20(6)28(38-32)15-30-22(8-2)18(4)27(36-30)14-29(21)35-25;/h2*7-8,13-16,35-36H,1-2,9-12H2,3-6H3,(H,39,40)(H,41,42);/q;;+4/p-4. The van der Waals surface area contributed by atoms with Crippen LogP contribution in [0, 0.1) is 27.7 Å². The molecular formula is C68H64GeN8O8. The molecule has 428 valence electrons. The average Bonchev–Trinajstić information content (AvgIpc) is 1.94. The second-order valence-electron chi connectivity index (χ2n) is 21.4. The fraction of sp³-hybridized carbons (Fsp3) is 0.235. The van der Waals surface area contributed by atoms with Crippen molar-refractivity contribution < 1.29 is 39.6 Å². The molecule has 6 aromatic heterocycles. The maximum atomic E-state index is 11.4. The van der Waals surface area contributed by atoms with E-state index in [1.54, 1.807) is 12.2 Å². The van der Waals surface area contributed by atoms with Crippen LogP contribution < -0.4 is 20.4 Å². The number of rotatable bonds is 16. The third-order valence-electron chi connectivity index (χ3n) is 16.4. The van der Waals surface area contributed by atoms with Crippen molar-refractivity contribution in [2.24, 2.45) is 0 Å². The van der Waals surface area contributed by atoms with Gasteiger partial charge in [0.05, 0.1) is 45.6 Å². The molecule has 0 spiro atoms. The molecular weight excluding hydrogens is 1130 g/mol. The summed E-state index contributed by atoms with van der Waals surface area (Å²) in [6.07, 6.45) is 7.58. The van der Waals surface area contributed by atoms with Crippen LogP contribution in [-0.4, -0.2) is 81.3 Å². The molecule has 0 radical (unpaired) electrons. The van der Waals surface area contributed by atoms with E-state index in [1.165, 1.54) is 0 Å². The first-order valence-electron chi connectivity index (χ1n) is 27.7. The van der Waals surface area contributed by atoms with Gasteiger partial charge in [-0.05, 0) is 222 Å². The van der Waals surface area contributed by atoms with Gasteiger partial charge in [0.1, 0.15) is 0 Å². The van der Waals surface area contributed by atoms with E-state index >= 15 is 0 Å². The number of carboxylic acids is 4. The molecule has 4 aliphatic rings. The molecule has 0 amide bonds. The van der Waals surface area contributed by atoms with E-state index in [9.17, 15) is 39.6 Å². The molecule has 16 bridgehead atoms. The van der Waals surface area contributed by atoms with Crippen molar-refractivity contribution >= 4 is 154 Å². The molecule has 0 aliphatic carbocycles. The third-order valence-corrected chi connectivity index (χ3v) is 16.4. The molecule has 0 saturated carbocycles. The van der Waals surface area contributed by atoms with Crippen molar-refractivity contribution in [3.8, 4) is 0 Å². The number of H-pyrrole nitrogens is 4. The van der Waals surface area contributed by atoms with E-state index in [-0.39, 0.29) is 69.0 Å². The minimum absolute atomic E-state index is 0. The van der Waals surface area contributed by atoms with Crippen LogP contribution in [0.25, 0.3) is 113 Å². The maximum Gasteiger partial charge on any atom is 4.00 e. The van der Waals surface area contributed by atoms with E-state index < -0.39 is 23.9 Å². The average molecular weight is 1190 g/mol. The van der Waals surface area contributed by atoms with Crippen LogP contribution in [0.5, 0.6) is 0 Å². The largest absolute Gasteiger partial charge is 4.00 e. The Bertz CT molecular complexity index is 4120. The van der Waals surface area contributed by atoms with Crippen LogP contribution in [-0.2, 0) is 19.2 Å². The van der Waals surface area contributed by atoms with Gasteiger partial charge in [-0.15, -0.1) is 0 Å². The first kappa shape index (κ1) is 61.6. The van der Waals surface area contributed by atoms with Gasteiger partial charge < -0.3 is 59.5 Å². The molecule has 0 saturated heterocycles. The molecule has 16 nitrogen and oxygen atoms in total. The number of carbonyl (C=O) groups is 4.